The Hall–Kier alpha value is -1.31. The molecule has 0 saturated carbocycles. The highest BCUT2D eigenvalue weighted by molar-refractivity contribution is 14.1. The molecule has 1 rings (SSSR count). The number of rotatable bonds is 5. The predicted octanol–water partition coefficient (Wildman–Crippen LogP) is 2.02. The van der Waals surface area contributed by atoms with E-state index in [4.69, 9.17) is 0 Å². The van der Waals surface area contributed by atoms with E-state index in [0.29, 0.717) is 6.54 Å². The van der Waals surface area contributed by atoms with E-state index in [1.807, 2.05) is 6.92 Å². The number of benzene rings is 1. The van der Waals surface area contributed by atoms with E-state index in [-0.39, 0.29) is 36.2 Å². The molecule has 0 aliphatic heterocycles. The van der Waals surface area contributed by atoms with Crippen LogP contribution >= 0.6 is 22.6 Å². The number of ether oxygens (including phenoxy) is 1. The maximum Gasteiger partial charge on any atom is 0.307 e. The highest BCUT2D eigenvalue weighted by atomic mass is 127. The van der Waals surface area contributed by atoms with E-state index in [0.717, 1.165) is 3.57 Å². The van der Waals surface area contributed by atoms with Crippen molar-refractivity contribution in [3.05, 3.63) is 27.3 Å². The van der Waals surface area contributed by atoms with Gasteiger partial charge in [-0.05, 0) is 47.7 Å². The molecular weight excluding hydrogens is 361 g/mol. The second-order valence-electron chi connectivity index (χ2n) is 3.87. The summed E-state index contributed by atoms with van der Waals surface area (Å²) in [5.74, 6) is -0.706. The van der Waals surface area contributed by atoms with Crippen molar-refractivity contribution in [2.45, 2.75) is 13.3 Å². The minimum atomic E-state index is -0.363. The predicted molar refractivity (Wildman–Crippen MR) is 79.0 cm³/mol. The first-order valence-electron chi connectivity index (χ1n) is 5.84. The van der Waals surface area contributed by atoms with Crippen molar-refractivity contribution in [2.75, 3.05) is 20.2 Å². The number of amides is 1. The number of hydrogen-bond donors (Lipinski definition) is 1. The Morgan fingerprint density at radius 3 is 2.68 bits per heavy atom. The van der Waals surface area contributed by atoms with Crippen molar-refractivity contribution in [3.8, 4) is 5.75 Å². The summed E-state index contributed by atoms with van der Waals surface area (Å²) in [5, 5.41) is 9.73. The molecular formula is C13H16INO4. The lowest BCUT2D eigenvalue weighted by molar-refractivity contribution is -0.140. The molecule has 1 N–H and O–H groups in total. The summed E-state index contributed by atoms with van der Waals surface area (Å²) in [6.07, 6.45) is 0.140. The smallest absolute Gasteiger partial charge is 0.307 e. The Labute approximate surface area is 125 Å². The number of nitrogens with zero attached hydrogens (tertiary/aromatic N) is 1. The number of phenols is 1. The number of hydrogen-bond acceptors (Lipinski definition) is 4. The number of carbonyl (C=O) groups is 2. The van der Waals surface area contributed by atoms with Crippen molar-refractivity contribution in [1.82, 2.24) is 4.90 Å². The lowest BCUT2D eigenvalue weighted by atomic mass is 10.1. The molecule has 0 atom stereocenters. The second-order valence-corrected chi connectivity index (χ2v) is 5.12. The summed E-state index contributed by atoms with van der Waals surface area (Å²) >= 11 is 2.07. The van der Waals surface area contributed by atoms with Crippen LogP contribution in [0, 0.1) is 3.57 Å². The summed E-state index contributed by atoms with van der Waals surface area (Å²) in [6, 6.07) is 4.83. The number of phenolic OH excluding ortho intramolecular Hbond substituents is 1. The second kappa shape index (κ2) is 7.32. The van der Waals surface area contributed by atoms with Crippen LogP contribution < -0.4 is 0 Å². The first kappa shape index (κ1) is 15.7. The molecule has 5 nitrogen and oxygen atoms in total. The average Bonchev–Trinajstić information content (AvgIpc) is 2.41. The maximum atomic E-state index is 12.3. The Morgan fingerprint density at radius 2 is 2.11 bits per heavy atom. The van der Waals surface area contributed by atoms with Crippen molar-refractivity contribution < 1.29 is 19.4 Å². The summed E-state index contributed by atoms with van der Waals surface area (Å²) < 4.78 is 5.41. The molecule has 0 aromatic heterocycles. The van der Waals surface area contributed by atoms with Crippen LogP contribution in [0.15, 0.2) is 18.2 Å². The number of aromatic hydroxyl groups is 1. The van der Waals surface area contributed by atoms with Crippen molar-refractivity contribution >= 4 is 34.5 Å². The fourth-order valence-corrected chi connectivity index (χ4v) is 2.07. The fraction of sp³-hybridized carbons (Fsp3) is 0.385. The number of halogens is 1. The van der Waals surface area contributed by atoms with Gasteiger partial charge in [0, 0.05) is 16.7 Å². The molecule has 6 heteroatoms. The first-order chi connectivity index (χ1) is 8.99. The van der Waals surface area contributed by atoms with Gasteiger partial charge in [0.2, 0.25) is 0 Å². The lowest BCUT2D eigenvalue weighted by Crippen LogP contribution is -2.33. The quantitative estimate of drug-likeness (QED) is 0.630. The highest BCUT2D eigenvalue weighted by Crippen LogP contribution is 2.21. The van der Waals surface area contributed by atoms with Gasteiger partial charge < -0.3 is 14.7 Å². The van der Waals surface area contributed by atoms with Gasteiger partial charge in [-0.3, -0.25) is 9.59 Å². The Morgan fingerprint density at radius 1 is 1.42 bits per heavy atom. The van der Waals surface area contributed by atoms with Crippen molar-refractivity contribution in [1.29, 1.82) is 0 Å². The number of methoxy groups -OCH3 is 1. The van der Waals surface area contributed by atoms with Gasteiger partial charge in [-0.25, -0.2) is 0 Å². The molecule has 0 aliphatic carbocycles. The Kier molecular flexibility index (Phi) is 6.07. The first-order valence-corrected chi connectivity index (χ1v) is 6.92. The lowest BCUT2D eigenvalue weighted by Gasteiger charge is -2.20. The third-order valence-electron chi connectivity index (χ3n) is 2.67. The molecule has 0 unspecified atom stereocenters. The van der Waals surface area contributed by atoms with Crippen molar-refractivity contribution in [3.63, 3.8) is 0 Å². The van der Waals surface area contributed by atoms with Crippen LogP contribution in [0.1, 0.15) is 23.7 Å². The highest BCUT2D eigenvalue weighted by Gasteiger charge is 2.18. The Bertz CT molecular complexity index is 476. The van der Waals surface area contributed by atoms with Crippen LogP contribution in [0.3, 0.4) is 0 Å². The molecule has 1 amide bonds. The zero-order valence-electron chi connectivity index (χ0n) is 10.9. The molecule has 0 aliphatic rings. The van der Waals surface area contributed by atoms with Gasteiger partial charge in [0.05, 0.1) is 19.1 Å². The molecule has 19 heavy (non-hydrogen) atoms. The van der Waals surface area contributed by atoms with Gasteiger partial charge in [0.15, 0.2) is 0 Å². The summed E-state index contributed by atoms with van der Waals surface area (Å²) in [4.78, 5) is 24.9. The molecule has 0 heterocycles. The summed E-state index contributed by atoms with van der Waals surface area (Å²) in [6.45, 7) is 2.55. The molecule has 104 valence electrons. The normalized spacial score (nSPS) is 10.1. The Balaban J connectivity index is 2.83. The molecule has 1 aromatic carbocycles. The SMILES string of the molecule is CCN(CCC(=O)OC)C(=O)c1cc(I)ccc1O. The van der Waals surface area contributed by atoms with Gasteiger partial charge in [0.1, 0.15) is 5.75 Å². The third kappa shape index (κ3) is 4.38. The fourth-order valence-electron chi connectivity index (χ4n) is 1.58. The van der Waals surface area contributed by atoms with Gasteiger partial charge in [0.25, 0.3) is 5.91 Å². The largest absolute Gasteiger partial charge is 0.507 e. The van der Waals surface area contributed by atoms with Crippen LogP contribution in [0.4, 0.5) is 0 Å². The number of carbonyl (C=O) groups excluding carboxylic acids is 2. The van der Waals surface area contributed by atoms with Crippen LogP contribution in [0.5, 0.6) is 5.75 Å². The summed E-state index contributed by atoms with van der Waals surface area (Å²) in [7, 11) is 1.31. The van der Waals surface area contributed by atoms with Crippen LogP contribution in [0.25, 0.3) is 0 Å². The van der Waals surface area contributed by atoms with E-state index in [1.54, 1.807) is 12.1 Å². The summed E-state index contributed by atoms with van der Waals surface area (Å²) in [5.41, 5.74) is 0.249. The topological polar surface area (TPSA) is 66.8 Å². The van der Waals surface area contributed by atoms with Gasteiger partial charge in [-0.2, -0.15) is 0 Å². The van der Waals surface area contributed by atoms with Crippen LogP contribution in [-0.2, 0) is 9.53 Å². The van der Waals surface area contributed by atoms with E-state index in [1.165, 1.54) is 18.1 Å². The third-order valence-corrected chi connectivity index (χ3v) is 3.34. The van der Waals surface area contributed by atoms with E-state index in [2.05, 4.69) is 27.3 Å². The average molecular weight is 377 g/mol. The molecule has 0 radical (unpaired) electrons. The standard InChI is InChI=1S/C13H16INO4/c1-3-15(7-6-12(17)19-2)13(18)10-8-9(14)4-5-11(10)16/h4-5,8,16H,3,6-7H2,1-2H3. The van der Waals surface area contributed by atoms with E-state index in [9.17, 15) is 14.7 Å². The monoisotopic (exact) mass is 377 g/mol. The molecule has 0 saturated heterocycles. The minimum Gasteiger partial charge on any atom is -0.507 e. The maximum absolute atomic E-state index is 12.3. The zero-order valence-corrected chi connectivity index (χ0v) is 13.0. The number of esters is 1. The van der Waals surface area contributed by atoms with Gasteiger partial charge >= 0.3 is 5.97 Å². The van der Waals surface area contributed by atoms with E-state index >= 15 is 0 Å². The molecule has 1 aromatic rings. The molecule has 0 bridgehead atoms. The minimum absolute atomic E-state index is 0.0538. The zero-order chi connectivity index (χ0) is 14.4. The van der Waals surface area contributed by atoms with Crippen LogP contribution in [-0.4, -0.2) is 42.1 Å². The van der Waals surface area contributed by atoms with Gasteiger partial charge in [-0.1, -0.05) is 0 Å². The van der Waals surface area contributed by atoms with Crippen LogP contribution in [0.2, 0.25) is 0 Å². The van der Waals surface area contributed by atoms with E-state index < -0.39 is 0 Å². The molecule has 0 fully saturated rings. The van der Waals surface area contributed by atoms with Gasteiger partial charge in [-0.15, -0.1) is 0 Å². The molecule has 0 spiro atoms. The van der Waals surface area contributed by atoms with Crippen molar-refractivity contribution in [2.24, 2.45) is 0 Å².